The summed E-state index contributed by atoms with van der Waals surface area (Å²) in [5.41, 5.74) is 1.92. The van der Waals surface area contributed by atoms with Gasteiger partial charge in [-0.15, -0.1) is 11.3 Å². The van der Waals surface area contributed by atoms with Crippen molar-refractivity contribution in [2.75, 3.05) is 26.7 Å². The average molecular weight is 374 g/mol. The molecule has 1 saturated heterocycles. The van der Waals surface area contributed by atoms with E-state index >= 15 is 0 Å². The number of methoxy groups -OCH3 is 1. The van der Waals surface area contributed by atoms with Crippen molar-refractivity contribution >= 4 is 17.2 Å². The van der Waals surface area contributed by atoms with E-state index in [-0.39, 0.29) is 17.4 Å². The highest BCUT2D eigenvalue weighted by atomic mass is 32.1. The van der Waals surface area contributed by atoms with E-state index in [2.05, 4.69) is 31.1 Å². The third kappa shape index (κ3) is 4.07. The summed E-state index contributed by atoms with van der Waals surface area (Å²) in [6.45, 7) is 8.66. The maximum atomic E-state index is 13.0. The molecule has 6 heteroatoms. The third-order valence-corrected chi connectivity index (χ3v) is 5.90. The van der Waals surface area contributed by atoms with E-state index in [0.29, 0.717) is 13.0 Å². The minimum atomic E-state index is -0.0203. The first kappa shape index (κ1) is 18.9. The van der Waals surface area contributed by atoms with E-state index in [0.717, 1.165) is 35.1 Å². The summed E-state index contributed by atoms with van der Waals surface area (Å²) in [5, 5.41) is 6.48. The molecule has 0 aliphatic carbocycles. The lowest BCUT2D eigenvalue weighted by atomic mass is 9.98. The van der Waals surface area contributed by atoms with Crippen LogP contribution in [0.2, 0.25) is 0 Å². The van der Waals surface area contributed by atoms with Crippen LogP contribution in [-0.4, -0.2) is 42.5 Å². The number of nitrogens with one attached hydrogen (secondary N) is 1. The summed E-state index contributed by atoms with van der Waals surface area (Å²) >= 11 is 1.63. The first-order valence-corrected chi connectivity index (χ1v) is 9.86. The fraction of sp³-hybridized carbons (Fsp3) is 0.500. The van der Waals surface area contributed by atoms with Crippen molar-refractivity contribution in [2.24, 2.45) is 0 Å². The van der Waals surface area contributed by atoms with Crippen molar-refractivity contribution in [1.82, 2.24) is 15.2 Å². The number of ether oxygens (including phenoxy) is 1. The number of carbonyl (C=O) groups excluding carboxylic acids is 1. The average Bonchev–Trinajstić information content (AvgIpc) is 3.10. The Morgan fingerprint density at radius 1 is 1.38 bits per heavy atom. The number of aromatic nitrogens is 1. The van der Waals surface area contributed by atoms with E-state index in [1.807, 2.05) is 34.5 Å². The Kier molecular flexibility index (Phi) is 5.63. The highest BCUT2D eigenvalue weighted by molar-refractivity contribution is 7.09. The molecule has 2 heterocycles. The number of piperazine rings is 1. The second-order valence-electron chi connectivity index (χ2n) is 7.62. The Morgan fingerprint density at radius 2 is 2.15 bits per heavy atom. The molecule has 0 saturated carbocycles. The van der Waals surface area contributed by atoms with Crippen LogP contribution in [0, 0.1) is 0 Å². The standard InChI is InChI=1S/C20H27N3O2S/c1-20(2,3)19-22-14(13-26-19)11-18(24)23-10-9-21-12-16(23)15-7-5-6-8-17(15)25-4/h5-8,13,16,21H,9-12H2,1-4H3. The van der Waals surface area contributed by atoms with Crippen molar-refractivity contribution in [3.8, 4) is 5.75 Å². The lowest BCUT2D eigenvalue weighted by Crippen LogP contribution is -2.49. The molecule has 1 aliphatic rings. The van der Waals surface area contributed by atoms with Gasteiger partial charge in [-0.2, -0.15) is 0 Å². The largest absolute Gasteiger partial charge is 0.496 e. The van der Waals surface area contributed by atoms with Gasteiger partial charge in [0.2, 0.25) is 5.91 Å². The Balaban J connectivity index is 1.79. The van der Waals surface area contributed by atoms with Gasteiger partial charge in [0.1, 0.15) is 5.75 Å². The van der Waals surface area contributed by atoms with Gasteiger partial charge in [-0.05, 0) is 6.07 Å². The fourth-order valence-electron chi connectivity index (χ4n) is 3.21. The van der Waals surface area contributed by atoms with Crippen LogP contribution in [0.4, 0.5) is 0 Å². The molecule has 140 valence electrons. The molecule has 1 fully saturated rings. The van der Waals surface area contributed by atoms with Crippen LogP contribution >= 0.6 is 11.3 Å². The first-order chi connectivity index (χ1) is 12.4. The fourth-order valence-corrected chi connectivity index (χ4v) is 4.12. The summed E-state index contributed by atoms with van der Waals surface area (Å²) in [5.74, 6) is 0.941. The minimum absolute atomic E-state index is 0.0148. The smallest absolute Gasteiger partial charge is 0.229 e. The number of carbonyl (C=O) groups is 1. The predicted molar refractivity (Wildman–Crippen MR) is 105 cm³/mol. The number of thiazole rings is 1. The molecule has 1 amide bonds. The van der Waals surface area contributed by atoms with E-state index in [9.17, 15) is 4.79 Å². The molecule has 1 unspecified atom stereocenters. The summed E-state index contributed by atoms with van der Waals surface area (Å²) in [7, 11) is 1.67. The molecule has 0 spiro atoms. The van der Waals surface area contributed by atoms with Crippen molar-refractivity contribution in [2.45, 2.75) is 38.6 Å². The van der Waals surface area contributed by atoms with Gasteiger partial charge >= 0.3 is 0 Å². The number of nitrogens with zero attached hydrogens (tertiary/aromatic N) is 2. The monoisotopic (exact) mass is 373 g/mol. The number of benzene rings is 1. The minimum Gasteiger partial charge on any atom is -0.496 e. The topological polar surface area (TPSA) is 54.5 Å². The molecular weight excluding hydrogens is 346 g/mol. The molecule has 1 aliphatic heterocycles. The number of amides is 1. The van der Waals surface area contributed by atoms with Crippen LogP contribution in [0.3, 0.4) is 0 Å². The highest BCUT2D eigenvalue weighted by Crippen LogP contribution is 2.31. The molecule has 1 aromatic carbocycles. The summed E-state index contributed by atoms with van der Waals surface area (Å²) < 4.78 is 5.51. The van der Waals surface area contributed by atoms with Gasteiger partial charge in [0, 0.05) is 36.0 Å². The van der Waals surface area contributed by atoms with Gasteiger partial charge in [0.25, 0.3) is 0 Å². The highest BCUT2D eigenvalue weighted by Gasteiger charge is 2.30. The van der Waals surface area contributed by atoms with E-state index < -0.39 is 0 Å². The molecule has 0 radical (unpaired) electrons. The summed E-state index contributed by atoms with van der Waals surface area (Å²) in [6, 6.07) is 7.91. The number of hydrogen-bond acceptors (Lipinski definition) is 5. The van der Waals surface area contributed by atoms with Crippen molar-refractivity contribution in [1.29, 1.82) is 0 Å². The van der Waals surface area contributed by atoms with Gasteiger partial charge in [0.05, 0.1) is 30.3 Å². The number of para-hydroxylation sites is 1. The Bertz CT molecular complexity index is 766. The molecule has 1 aromatic heterocycles. The second-order valence-corrected chi connectivity index (χ2v) is 8.48. The summed E-state index contributed by atoms with van der Waals surface area (Å²) in [4.78, 5) is 19.7. The lowest BCUT2D eigenvalue weighted by molar-refractivity contribution is -0.133. The molecule has 0 bridgehead atoms. The van der Waals surface area contributed by atoms with Gasteiger partial charge in [-0.1, -0.05) is 39.0 Å². The van der Waals surface area contributed by atoms with Gasteiger partial charge in [-0.25, -0.2) is 4.98 Å². The molecule has 1 atom stereocenters. The van der Waals surface area contributed by atoms with Crippen LogP contribution in [0.15, 0.2) is 29.6 Å². The molecule has 2 aromatic rings. The van der Waals surface area contributed by atoms with Crippen molar-refractivity contribution < 1.29 is 9.53 Å². The molecule has 5 nitrogen and oxygen atoms in total. The Morgan fingerprint density at radius 3 is 2.85 bits per heavy atom. The van der Waals surface area contributed by atoms with Gasteiger partial charge in [0.15, 0.2) is 0 Å². The second kappa shape index (κ2) is 7.76. The Hall–Kier alpha value is -1.92. The van der Waals surface area contributed by atoms with Crippen LogP contribution in [0.1, 0.15) is 43.1 Å². The lowest BCUT2D eigenvalue weighted by Gasteiger charge is -2.37. The van der Waals surface area contributed by atoms with Crippen molar-refractivity contribution in [3.05, 3.63) is 45.9 Å². The zero-order chi connectivity index (χ0) is 18.7. The maximum Gasteiger partial charge on any atom is 0.229 e. The van der Waals surface area contributed by atoms with Crippen LogP contribution in [-0.2, 0) is 16.6 Å². The van der Waals surface area contributed by atoms with Crippen molar-refractivity contribution in [3.63, 3.8) is 0 Å². The SMILES string of the molecule is COc1ccccc1C1CNCCN1C(=O)Cc1csc(C(C)(C)C)n1. The third-order valence-electron chi connectivity index (χ3n) is 4.59. The molecular formula is C20H27N3O2S. The number of hydrogen-bond donors (Lipinski definition) is 1. The Labute approximate surface area is 159 Å². The van der Waals surface area contributed by atoms with Crippen LogP contribution in [0.25, 0.3) is 0 Å². The van der Waals surface area contributed by atoms with Crippen LogP contribution < -0.4 is 10.1 Å². The molecule has 26 heavy (non-hydrogen) atoms. The molecule has 3 rings (SSSR count). The zero-order valence-electron chi connectivity index (χ0n) is 15.9. The number of rotatable bonds is 4. The van der Waals surface area contributed by atoms with E-state index in [1.54, 1.807) is 18.4 Å². The summed E-state index contributed by atoms with van der Waals surface area (Å²) in [6.07, 6.45) is 0.345. The zero-order valence-corrected chi connectivity index (χ0v) is 16.7. The normalized spacial score (nSPS) is 18.0. The van der Waals surface area contributed by atoms with E-state index in [1.165, 1.54) is 0 Å². The van der Waals surface area contributed by atoms with Gasteiger partial charge in [-0.3, -0.25) is 4.79 Å². The predicted octanol–water partition coefficient (Wildman–Crippen LogP) is 3.16. The molecule has 1 N–H and O–H groups in total. The quantitative estimate of drug-likeness (QED) is 0.894. The van der Waals surface area contributed by atoms with Crippen LogP contribution in [0.5, 0.6) is 5.75 Å². The maximum absolute atomic E-state index is 13.0. The van der Waals surface area contributed by atoms with Gasteiger partial charge < -0.3 is 15.0 Å². The van der Waals surface area contributed by atoms with E-state index in [4.69, 9.17) is 4.74 Å². The first-order valence-electron chi connectivity index (χ1n) is 8.98.